The molecule has 1 heterocycles. The Balaban J connectivity index is 1.26. The standard InChI is InChI=1S/C24H26N6O4S/c31-22(11-10-18-14-25-30-28-18)26-17-6-3-7-19(13-17)35(33,34)29-24(32)27-23-20-8-1-4-15(20)12-16-5-2-9-21(16)23/h3,6-7,12-14H,1-2,4-5,8-11H2,(H,26,31)(H,25,28,30)(H2,27,29,32). The lowest BCUT2D eigenvalue weighted by Crippen LogP contribution is -2.35. The monoisotopic (exact) mass is 494 g/mol. The number of nitrogens with one attached hydrogen (secondary N) is 4. The van der Waals surface area contributed by atoms with Gasteiger partial charge in [-0.05, 0) is 79.0 Å². The second-order valence-corrected chi connectivity index (χ2v) is 10.5. The Bertz CT molecular complexity index is 1350. The van der Waals surface area contributed by atoms with Gasteiger partial charge in [-0.15, -0.1) is 0 Å². The van der Waals surface area contributed by atoms with Crippen molar-refractivity contribution in [2.75, 3.05) is 10.6 Å². The number of sulfonamides is 1. The topological polar surface area (TPSA) is 146 Å². The van der Waals surface area contributed by atoms with Crippen LogP contribution in [0.2, 0.25) is 0 Å². The van der Waals surface area contributed by atoms with E-state index in [1.165, 1.54) is 35.5 Å². The summed E-state index contributed by atoms with van der Waals surface area (Å²) in [5.41, 5.74) is 6.47. The van der Waals surface area contributed by atoms with Crippen molar-refractivity contribution >= 4 is 33.3 Å². The number of nitrogens with zero attached hydrogens (tertiary/aromatic N) is 2. The van der Waals surface area contributed by atoms with Gasteiger partial charge in [0.15, 0.2) is 0 Å². The summed E-state index contributed by atoms with van der Waals surface area (Å²) in [6, 6.07) is 7.25. The van der Waals surface area contributed by atoms with E-state index < -0.39 is 16.1 Å². The Morgan fingerprint density at radius 1 is 0.971 bits per heavy atom. The number of hydrogen-bond donors (Lipinski definition) is 4. The maximum atomic E-state index is 12.9. The van der Waals surface area contributed by atoms with Crippen LogP contribution in [0.15, 0.2) is 41.4 Å². The molecular formula is C24H26N6O4S. The highest BCUT2D eigenvalue weighted by Gasteiger charge is 2.26. The molecule has 0 bridgehead atoms. The average Bonchev–Trinajstić information content (AvgIpc) is 3.59. The largest absolute Gasteiger partial charge is 0.333 e. The highest BCUT2D eigenvalue weighted by Crippen LogP contribution is 2.38. The third-order valence-corrected chi connectivity index (χ3v) is 7.77. The van der Waals surface area contributed by atoms with Gasteiger partial charge in [-0.3, -0.25) is 4.79 Å². The molecule has 0 spiro atoms. The van der Waals surface area contributed by atoms with E-state index in [4.69, 9.17) is 0 Å². The lowest BCUT2D eigenvalue weighted by Gasteiger charge is -2.16. The first kappa shape index (κ1) is 23.0. The number of anilines is 2. The van der Waals surface area contributed by atoms with Crippen LogP contribution in [0.3, 0.4) is 0 Å². The Hall–Kier alpha value is -3.73. The fourth-order valence-corrected chi connectivity index (χ4v) is 5.79. The molecular weight excluding hydrogens is 468 g/mol. The van der Waals surface area contributed by atoms with Gasteiger partial charge in [0, 0.05) is 24.2 Å². The molecule has 182 valence electrons. The number of aromatic nitrogens is 3. The molecule has 0 fully saturated rings. The van der Waals surface area contributed by atoms with E-state index in [-0.39, 0.29) is 17.2 Å². The van der Waals surface area contributed by atoms with E-state index in [0.29, 0.717) is 17.8 Å². The van der Waals surface area contributed by atoms with Gasteiger partial charge in [0.25, 0.3) is 10.0 Å². The molecule has 0 unspecified atom stereocenters. The van der Waals surface area contributed by atoms with Crippen LogP contribution >= 0.6 is 0 Å². The van der Waals surface area contributed by atoms with E-state index in [0.717, 1.165) is 55.3 Å². The van der Waals surface area contributed by atoms with E-state index in [9.17, 15) is 18.0 Å². The number of carbonyl (C=O) groups excluding carboxylic acids is 2. The van der Waals surface area contributed by atoms with Crippen LogP contribution in [0.4, 0.5) is 16.2 Å². The van der Waals surface area contributed by atoms with Gasteiger partial charge in [0.1, 0.15) is 0 Å². The SMILES string of the molecule is O=C(CCc1cn[nH]n1)Nc1cccc(S(=O)(=O)NC(=O)Nc2c3c(cc4c2CCC4)CCC3)c1. The lowest BCUT2D eigenvalue weighted by molar-refractivity contribution is -0.116. The molecule has 5 rings (SSSR count). The Kier molecular flexibility index (Phi) is 6.25. The number of hydrogen-bond acceptors (Lipinski definition) is 6. The van der Waals surface area contributed by atoms with Crippen molar-refractivity contribution < 1.29 is 18.0 Å². The van der Waals surface area contributed by atoms with Crippen molar-refractivity contribution in [3.63, 3.8) is 0 Å². The minimum absolute atomic E-state index is 0.120. The predicted octanol–water partition coefficient (Wildman–Crippen LogP) is 2.86. The van der Waals surface area contributed by atoms with E-state index >= 15 is 0 Å². The normalized spacial score (nSPS) is 14.3. The minimum atomic E-state index is -4.15. The molecule has 3 amide bonds. The molecule has 0 aliphatic heterocycles. The molecule has 1 aromatic heterocycles. The average molecular weight is 495 g/mol. The van der Waals surface area contributed by atoms with E-state index in [2.05, 4.69) is 36.8 Å². The molecule has 0 saturated carbocycles. The van der Waals surface area contributed by atoms with Crippen molar-refractivity contribution in [1.29, 1.82) is 0 Å². The summed E-state index contributed by atoms with van der Waals surface area (Å²) in [5.74, 6) is -0.292. The van der Waals surface area contributed by atoms with Crippen LogP contribution < -0.4 is 15.4 Å². The highest BCUT2D eigenvalue weighted by molar-refractivity contribution is 7.90. The third kappa shape index (κ3) is 5.04. The molecule has 10 nitrogen and oxygen atoms in total. The number of amides is 3. The summed E-state index contributed by atoms with van der Waals surface area (Å²) >= 11 is 0. The Labute approximate surface area is 203 Å². The molecule has 11 heteroatoms. The van der Waals surface area contributed by atoms with Crippen LogP contribution in [0.1, 0.15) is 47.2 Å². The molecule has 0 radical (unpaired) electrons. The molecule has 35 heavy (non-hydrogen) atoms. The quantitative estimate of drug-likeness (QED) is 0.397. The number of benzene rings is 2. The van der Waals surface area contributed by atoms with E-state index in [1.807, 2.05) is 0 Å². The summed E-state index contributed by atoms with van der Waals surface area (Å²) in [6.07, 6.45) is 7.88. The number of H-pyrrole nitrogens is 1. The zero-order valence-electron chi connectivity index (χ0n) is 19.1. The van der Waals surface area contributed by atoms with Crippen molar-refractivity contribution in [3.8, 4) is 0 Å². The number of aromatic amines is 1. The highest BCUT2D eigenvalue weighted by atomic mass is 32.2. The number of urea groups is 1. The van der Waals surface area contributed by atoms with Crippen molar-refractivity contribution in [2.45, 2.75) is 56.3 Å². The second kappa shape index (κ2) is 9.49. The third-order valence-electron chi connectivity index (χ3n) is 6.44. The van der Waals surface area contributed by atoms with Crippen LogP contribution in [0.5, 0.6) is 0 Å². The maximum Gasteiger partial charge on any atom is 0.333 e. The maximum absolute atomic E-state index is 12.9. The molecule has 4 N–H and O–H groups in total. The smallest absolute Gasteiger partial charge is 0.326 e. The first-order valence-electron chi connectivity index (χ1n) is 11.6. The number of carbonyl (C=O) groups is 2. The molecule has 2 aromatic carbocycles. The fraction of sp³-hybridized carbons (Fsp3) is 0.333. The van der Waals surface area contributed by atoms with Crippen molar-refractivity contribution in [1.82, 2.24) is 20.1 Å². The summed E-state index contributed by atoms with van der Waals surface area (Å²) in [7, 11) is -4.15. The van der Waals surface area contributed by atoms with Crippen LogP contribution in [0, 0.1) is 0 Å². The number of rotatable bonds is 7. The van der Waals surface area contributed by atoms with Crippen molar-refractivity contribution in [2.24, 2.45) is 0 Å². The Morgan fingerprint density at radius 2 is 1.71 bits per heavy atom. The van der Waals surface area contributed by atoms with Gasteiger partial charge in [0.05, 0.1) is 16.8 Å². The zero-order chi connectivity index (χ0) is 24.4. The summed E-state index contributed by atoms with van der Waals surface area (Å²) in [6.45, 7) is 0. The second-order valence-electron chi connectivity index (χ2n) is 8.83. The molecule has 0 saturated heterocycles. The van der Waals surface area contributed by atoms with Gasteiger partial charge in [-0.1, -0.05) is 12.1 Å². The van der Waals surface area contributed by atoms with E-state index in [1.54, 1.807) is 6.07 Å². The van der Waals surface area contributed by atoms with Gasteiger partial charge in [-0.2, -0.15) is 15.4 Å². The Morgan fingerprint density at radius 3 is 2.40 bits per heavy atom. The zero-order valence-corrected chi connectivity index (χ0v) is 19.9. The molecule has 0 atom stereocenters. The predicted molar refractivity (Wildman–Crippen MR) is 130 cm³/mol. The van der Waals surface area contributed by atoms with Gasteiger partial charge >= 0.3 is 6.03 Å². The molecule has 2 aliphatic rings. The van der Waals surface area contributed by atoms with Gasteiger partial charge in [-0.25, -0.2) is 17.9 Å². The van der Waals surface area contributed by atoms with Crippen LogP contribution in [0.25, 0.3) is 0 Å². The van der Waals surface area contributed by atoms with Crippen LogP contribution in [-0.4, -0.2) is 35.8 Å². The van der Waals surface area contributed by atoms with Gasteiger partial charge in [0.2, 0.25) is 5.91 Å². The van der Waals surface area contributed by atoms with Gasteiger partial charge < -0.3 is 10.6 Å². The fourth-order valence-electron chi connectivity index (χ4n) is 4.84. The summed E-state index contributed by atoms with van der Waals surface area (Å²) in [4.78, 5) is 24.9. The number of aryl methyl sites for hydroxylation is 3. The first-order valence-corrected chi connectivity index (χ1v) is 13.1. The molecule has 2 aliphatic carbocycles. The summed E-state index contributed by atoms with van der Waals surface area (Å²) < 4.78 is 28.0. The lowest BCUT2D eigenvalue weighted by atomic mass is 9.99. The van der Waals surface area contributed by atoms with Crippen LogP contribution in [-0.2, 0) is 46.9 Å². The van der Waals surface area contributed by atoms with Crippen molar-refractivity contribution in [3.05, 3.63) is 64.5 Å². The number of fused-ring (bicyclic) bond motifs is 2. The first-order chi connectivity index (χ1) is 16.9. The molecule has 3 aromatic rings. The summed E-state index contributed by atoms with van der Waals surface area (Å²) in [5, 5.41) is 15.6. The minimum Gasteiger partial charge on any atom is -0.326 e.